The molecule has 0 aliphatic heterocycles. The van der Waals surface area contributed by atoms with Gasteiger partial charge in [0.25, 0.3) is 0 Å². The molecule has 1 aromatic rings. The van der Waals surface area contributed by atoms with Crippen molar-refractivity contribution in [3.8, 4) is 0 Å². The highest BCUT2D eigenvalue weighted by molar-refractivity contribution is 7.89. The van der Waals surface area contributed by atoms with Crippen LogP contribution in [0.3, 0.4) is 0 Å². The van der Waals surface area contributed by atoms with Gasteiger partial charge in [-0.3, -0.25) is 0 Å². The Morgan fingerprint density at radius 1 is 1.33 bits per heavy atom. The lowest BCUT2D eigenvalue weighted by atomic mass is 10.2. The molecule has 1 unspecified atom stereocenters. The summed E-state index contributed by atoms with van der Waals surface area (Å²) in [5.41, 5.74) is 5.88. The molecule has 4 nitrogen and oxygen atoms in total. The highest BCUT2D eigenvalue weighted by Crippen LogP contribution is 2.35. The highest BCUT2D eigenvalue weighted by Gasteiger charge is 2.32. The Morgan fingerprint density at radius 2 is 1.83 bits per heavy atom. The van der Waals surface area contributed by atoms with Crippen LogP contribution in [0.4, 0.5) is 5.69 Å². The number of sulfonamides is 1. The van der Waals surface area contributed by atoms with Gasteiger partial charge in [0.2, 0.25) is 10.0 Å². The number of nitrogen functional groups attached to an aromatic ring is 1. The molecule has 0 radical (unpaired) electrons. The molecule has 0 aromatic heterocycles. The van der Waals surface area contributed by atoms with Crippen LogP contribution in [0.2, 0.25) is 10.0 Å². The van der Waals surface area contributed by atoms with Crippen LogP contribution >= 0.6 is 23.2 Å². The number of hydrogen-bond donors (Lipinski definition) is 2. The molecule has 0 saturated heterocycles. The Labute approximate surface area is 117 Å². The quantitative estimate of drug-likeness (QED) is 0.840. The third kappa shape index (κ3) is 2.91. The van der Waals surface area contributed by atoms with E-state index in [0.29, 0.717) is 11.6 Å². The zero-order valence-corrected chi connectivity index (χ0v) is 12.1. The third-order valence-electron chi connectivity index (χ3n) is 2.96. The van der Waals surface area contributed by atoms with Crippen molar-refractivity contribution in [3.63, 3.8) is 0 Å². The van der Waals surface area contributed by atoms with Crippen LogP contribution in [-0.2, 0) is 10.0 Å². The summed E-state index contributed by atoms with van der Waals surface area (Å²) in [6.07, 6.45) is 2.10. The molecule has 1 saturated carbocycles. The fourth-order valence-corrected chi connectivity index (χ4v) is 4.38. The molecule has 2 rings (SSSR count). The second-order valence-electron chi connectivity index (χ2n) is 4.56. The van der Waals surface area contributed by atoms with Gasteiger partial charge in [-0.2, -0.15) is 0 Å². The summed E-state index contributed by atoms with van der Waals surface area (Å²) in [6.45, 7) is 1.84. The maximum Gasteiger partial charge on any atom is 0.243 e. The fourth-order valence-electron chi connectivity index (χ4n) is 1.83. The van der Waals surface area contributed by atoms with Crippen molar-refractivity contribution in [1.29, 1.82) is 0 Å². The van der Waals surface area contributed by atoms with Crippen LogP contribution < -0.4 is 10.5 Å². The van der Waals surface area contributed by atoms with Gasteiger partial charge >= 0.3 is 0 Å². The van der Waals surface area contributed by atoms with E-state index < -0.39 is 10.0 Å². The first-order chi connectivity index (χ1) is 8.31. The largest absolute Gasteiger partial charge is 0.399 e. The lowest BCUT2D eigenvalue weighted by Crippen LogP contribution is -2.34. The SMILES string of the molecule is CC(NS(=O)(=O)c1c(Cl)cc(N)cc1Cl)C1CC1. The fraction of sp³-hybridized carbons (Fsp3) is 0.455. The molecular weight excluding hydrogens is 295 g/mol. The molecule has 1 aromatic carbocycles. The predicted molar refractivity (Wildman–Crippen MR) is 73.4 cm³/mol. The molecule has 1 fully saturated rings. The van der Waals surface area contributed by atoms with Crippen molar-refractivity contribution in [2.75, 3.05) is 5.73 Å². The Morgan fingerprint density at radius 3 is 2.28 bits per heavy atom. The molecule has 1 aliphatic carbocycles. The topological polar surface area (TPSA) is 72.2 Å². The van der Waals surface area contributed by atoms with E-state index in [1.807, 2.05) is 6.92 Å². The summed E-state index contributed by atoms with van der Waals surface area (Å²) >= 11 is 11.8. The Balaban J connectivity index is 2.34. The van der Waals surface area contributed by atoms with E-state index in [1.165, 1.54) is 12.1 Å². The molecular formula is C11H14Cl2N2O2S. The van der Waals surface area contributed by atoms with E-state index in [-0.39, 0.29) is 21.0 Å². The lowest BCUT2D eigenvalue weighted by molar-refractivity contribution is 0.538. The first kappa shape index (κ1) is 13.9. The zero-order valence-electron chi connectivity index (χ0n) is 9.78. The number of hydrogen-bond acceptors (Lipinski definition) is 3. The summed E-state index contributed by atoms with van der Waals surface area (Å²) < 4.78 is 27.0. The molecule has 0 amide bonds. The van der Waals surface area contributed by atoms with Gasteiger partial charge in [0.1, 0.15) is 4.90 Å². The minimum Gasteiger partial charge on any atom is -0.399 e. The summed E-state index contributed by atoms with van der Waals surface area (Å²) in [5, 5.41) is 0.0750. The molecule has 0 bridgehead atoms. The molecule has 1 aliphatic rings. The summed E-state index contributed by atoms with van der Waals surface area (Å²) in [4.78, 5) is -0.104. The lowest BCUT2D eigenvalue weighted by Gasteiger charge is -2.15. The van der Waals surface area contributed by atoms with E-state index in [4.69, 9.17) is 28.9 Å². The van der Waals surface area contributed by atoms with Gasteiger partial charge in [-0.25, -0.2) is 13.1 Å². The summed E-state index contributed by atoms with van der Waals surface area (Å²) in [6, 6.07) is 2.65. The van der Waals surface area contributed by atoms with E-state index >= 15 is 0 Å². The Hall–Kier alpha value is -0.490. The Kier molecular flexibility index (Phi) is 3.78. The molecule has 1 atom stereocenters. The maximum absolute atomic E-state index is 12.2. The van der Waals surface area contributed by atoms with Gasteiger partial charge < -0.3 is 5.73 Å². The molecule has 0 heterocycles. The van der Waals surface area contributed by atoms with Crippen LogP contribution in [0.25, 0.3) is 0 Å². The van der Waals surface area contributed by atoms with Gasteiger partial charge in [0.05, 0.1) is 10.0 Å². The van der Waals surface area contributed by atoms with Crippen molar-refractivity contribution < 1.29 is 8.42 Å². The predicted octanol–water partition coefficient (Wildman–Crippen LogP) is 2.65. The molecule has 7 heteroatoms. The van der Waals surface area contributed by atoms with Crippen LogP contribution in [0.15, 0.2) is 17.0 Å². The van der Waals surface area contributed by atoms with Crippen molar-refractivity contribution in [2.45, 2.75) is 30.7 Å². The van der Waals surface area contributed by atoms with E-state index in [9.17, 15) is 8.42 Å². The second-order valence-corrected chi connectivity index (χ2v) is 7.03. The molecule has 3 N–H and O–H groups in total. The van der Waals surface area contributed by atoms with Gasteiger partial charge in [-0.05, 0) is 37.8 Å². The number of anilines is 1. The number of nitrogens with two attached hydrogens (primary N) is 1. The van der Waals surface area contributed by atoms with Crippen molar-refractivity contribution in [1.82, 2.24) is 4.72 Å². The minimum absolute atomic E-state index is 0.0375. The molecule has 0 spiro atoms. The van der Waals surface area contributed by atoms with Gasteiger partial charge in [0, 0.05) is 11.7 Å². The van der Waals surface area contributed by atoms with Crippen molar-refractivity contribution in [3.05, 3.63) is 22.2 Å². The van der Waals surface area contributed by atoms with Crippen molar-refractivity contribution >= 4 is 38.9 Å². The summed E-state index contributed by atoms with van der Waals surface area (Å²) in [5.74, 6) is 0.408. The van der Waals surface area contributed by atoms with Gasteiger partial charge in [-0.15, -0.1) is 0 Å². The zero-order chi connectivity index (χ0) is 13.5. The third-order valence-corrected chi connectivity index (χ3v) is 5.44. The molecule has 18 heavy (non-hydrogen) atoms. The first-order valence-electron chi connectivity index (χ1n) is 5.58. The first-order valence-corrected chi connectivity index (χ1v) is 7.82. The molecule has 100 valence electrons. The standard InChI is InChI=1S/C11H14Cl2N2O2S/c1-6(7-2-3-7)15-18(16,17)11-9(12)4-8(14)5-10(11)13/h4-7,15H,2-3,14H2,1H3. The van der Waals surface area contributed by atoms with Crippen LogP contribution in [0.1, 0.15) is 19.8 Å². The number of benzene rings is 1. The maximum atomic E-state index is 12.2. The van der Waals surface area contributed by atoms with Crippen LogP contribution in [0, 0.1) is 5.92 Å². The smallest absolute Gasteiger partial charge is 0.243 e. The number of rotatable bonds is 4. The van der Waals surface area contributed by atoms with Crippen LogP contribution in [0.5, 0.6) is 0 Å². The van der Waals surface area contributed by atoms with Gasteiger partial charge in [-0.1, -0.05) is 23.2 Å². The second kappa shape index (κ2) is 4.89. The average molecular weight is 309 g/mol. The van der Waals surface area contributed by atoms with E-state index in [1.54, 1.807) is 0 Å². The number of nitrogens with one attached hydrogen (secondary N) is 1. The van der Waals surface area contributed by atoms with Crippen LogP contribution in [-0.4, -0.2) is 14.5 Å². The van der Waals surface area contributed by atoms with Crippen molar-refractivity contribution in [2.24, 2.45) is 5.92 Å². The summed E-state index contributed by atoms with van der Waals surface area (Å²) in [7, 11) is -3.71. The van der Waals surface area contributed by atoms with Gasteiger partial charge in [0.15, 0.2) is 0 Å². The average Bonchev–Trinajstić information content (AvgIpc) is 2.95. The normalized spacial score (nSPS) is 17.7. The van der Waals surface area contributed by atoms with E-state index in [2.05, 4.69) is 4.72 Å². The number of halogens is 2. The van der Waals surface area contributed by atoms with E-state index in [0.717, 1.165) is 12.8 Å². The highest BCUT2D eigenvalue weighted by atomic mass is 35.5. The Bertz CT molecular complexity index is 547. The minimum atomic E-state index is -3.71. The monoisotopic (exact) mass is 308 g/mol.